The largest absolute Gasteiger partial charge is 0.460 e. The molecule has 1 aliphatic heterocycles. The summed E-state index contributed by atoms with van der Waals surface area (Å²) in [5, 5.41) is 7.54. The number of esters is 1. The number of carbonyl (C=O) groups excluding carboxylic acids is 2. The molecule has 0 radical (unpaired) electrons. The fourth-order valence-corrected chi connectivity index (χ4v) is 3.20. The van der Waals surface area contributed by atoms with Gasteiger partial charge in [0.05, 0.1) is 24.3 Å². The number of urea groups is 1. The number of rotatable bonds is 6. The van der Waals surface area contributed by atoms with E-state index in [-0.39, 0.29) is 18.7 Å². The number of amides is 2. The van der Waals surface area contributed by atoms with Gasteiger partial charge in [-0.15, -0.1) is 0 Å². The second kappa shape index (κ2) is 8.22. The van der Waals surface area contributed by atoms with E-state index >= 15 is 0 Å². The van der Waals surface area contributed by atoms with E-state index in [0.29, 0.717) is 17.9 Å². The van der Waals surface area contributed by atoms with Gasteiger partial charge in [0, 0.05) is 5.70 Å². The Morgan fingerprint density at radius 2 is 1.85 bits per heavy atom. The molecule has 6 heteroatoms. The number of benzene rings is 2. The van der Waals surface area contributed by atoms with Crippen molar-refractivity contribution < 1.29 is 19.1 Å². The van der Waals surface area contributed by atoms with E-state index in [9.17, 15) is 9.59 Å². The van der Waals surface area contributed by atoms with Crippen molar-refractivity contribution in [2.24, 2.45) is 0 Å². The Hall–Kier alpha value is -2.86. The van der Waals surface area contributed by atoms with Crippen LogP contribution in [0.1, 0.15) is 32.4 Å². The highest BCUT2D eigenvalue weighted by molar-refractivity contribution is 5.97. The molecule has 0 bridgehead atoms. The van der Waals surface area contributed by atoms with E-state index in [1.54, 1.807) is 6.92 Å². The number of hydrogen-bond donors (Lipinski definition) is 2. The first-order valence-corrected chi connectivity index (χ1v) is 9.02. The molecule has 0 aliphatic carbocycles. The van der Waals surface area contributed by atoms with Crippen LogP contribution in [0.2, 0.25) is 0 Å². The van der Waals surface area contributed by atoms with Crippen molar-refractivity contribution in [3.05, 3.63) is 59.3 Å². The molecular weight excluding hydrogens is 344 g/mol. The second-order valence-corrected chi connectivity index (χ2v) is 6.69. The molecule has 6 nitrogen and oxygen atoms in total. The first kappa shape index (κ1) is 18.9. The average molecular weight is 368 g/mol. The maximum Gasteiger partial charge on any atom is 0.338 e. The third-order valence-electron chi connectivity index (χ3n) is 4.39. The van der Waals surface area contributed by atoms with E-state index in [4.69, 9.17) is 9.47 Å². The zero-order chi connectivity index (χ0) is 19.4. The Labute approximate surface area is 158 Å². The number of hydrogen-bond acceptors (Lipinski definition) is 4. The summed E-state index contributed by atoms with van der Waals surface area (Å²) in [6, 6.07) is 12.8. The highest BCUT2D eigenvalue weighted by atomic mass is 16.6. The monoisotopic (exact) mass is 368 g/mol. The lowest BCUT2D eigenvalue weighted by molar-refractivity contribution is -0.141. The molecule has 0 saturated carbocycles. The van der Waals surface area contributed by atoms with Crippen LogP contribution in [0.5, 0.6) is 0 Å². The van der Waals surface area contributed by atoms with Crippen LogP contribution in [0.4, 0.5) is 4.79 Å². The maximum atomic E-state index is 12.8. The summed E-state index contributed by atoms with van der Waals surface area (Å²) < 4.78 is 10.8. The van der Waals surface area contributed by atoms with Gasteiger partial charge in [-0.3, -0.25) is 0 Å². The molecule has 2 aromatic carbocycles. The molecule has 142 valence electrons. The Morgan fingerprint density at radius 1 is 1.11 bits per heavy atom. The van der Waals surface area contributed by atoms with E-state index < -0.39 is 12.0 Å². The minimum Gasteiger partial charge on any atom is -0.460 e. The third kappa shape index (κ3) is 4.28. The van der Waals surface area contributed by atoms with Gasteiger partial charge in [0.25, 0.3) is 0 Å². The maximum absolute atomic E-state index is 12.8. The molecule has 1 atom stereocenters. The van der Waals surface area contributed by atoms with Crippen molar-refractivity contribution in [2.45, 2.75) is 32.9 Å². The van der Waals surface area contributed by atoms with Crippen LogP contribution in [0.15, 0.2) is 53.7 Å². The topological polar surface area (TPSA) is 76.7 Å². The van der Waals surface area contributed by atoms with Crippen LogP contribution in [0.3, 0.4) is 0 Å². The van der Waals surface area contributed by atoms with Gasteiger partial charge in [-0.1, -0.05) is 42.5 Å². The lowest BCUT2D eigenvalue weighted by atomic mass is 9.91. The van der Waals surface area contributed by atoms with Crippen LogP contribution >= 0.6 is 0 Å². The highest BCUT2D eigenvalue weighted by Crippen LogP contribution is 2.32. The van der Waals surface area contributed by atoms with Gasteiger partial charge in [0.15, 0.2) is 0 Å². The lowest BCUT2D eigenvalue weighted by Gasteiger charge is -2.29. The summed E-state index contributed by atoms with van der Waals surface area (Å²) in [5.74, 6) is -0.467. The van der Waals surface area contributed by atoms with Gasteiger partial charge < -0.3 is 20.1 Å². The summed E-state index contributed by atoms with van der Waals surface area (Å²) in [5.41, 5.74) is 1.75. The quantitative estimate of drug-likeness (QED) is 0.605. The van der Waals surface area contributed by atoms with E-state index in [2.05, 4.69) is 10.6 Å². The van der Waals surface area contributed by atoms with Crippen molar-refractivity contribution in [1.29, 1.82) is 0 Å². The lowest BCUT2D eigenvalue weighted by Crippen LogP contribution is -2.45. The van der Waals surface area contributed by atoms with Crippen LogP contribution in [-0.2, 0) is 14.3 Å². The Morgan fingerprint density at radius 3 is 2.63 bits per heavy atom. The van der Waals surface area contributed by atoms with Gasteiger partial charge in [0.2, 0.25) is 0 Å². The van der Waals surface area contributed by atoms with Crippen molar-refractivity contribution in [3.63, 3.8) is 0 Å². The fraction of sp³-hybridized carbons (Fsp3) is 0.333. The molecule has 0 spiro atoms. The van der Waals surface area contributed by atoms with Crippen LogP contribution in [0, 0.1) is 0 Å². The average Bonchev–Trinajstić information content (AvgIpc) is 2.63. The van der Waals surface area contributed by atoms with Crippen LogP contribution < -0.4 is 10.6 Å². The summed E-state index contributed by atoms with van der Waals surface area (Å²) in [7, 11) is 0. The Balaban J connectivity index is 1.91. The van der Waals surface area contributed by atoms with Crippen molar-refractivity contribution in [1.82, 2.24) is 10.6 Å². The zero-order valence-corrected chi connectivity index (χ0v) is 15.7. The van der Waals surface area contributed by atoms with Crippen molar-refractivity contribution in [3.8, 4) is 0 Å². The smallest absolute Gasteiger partial charge is 0.338 e. The molecule has 1 aliphatic rings. The molecule has 0 unspecified atom stereocenters. The number of fused-ring (bicyclic) bond motifs is 1. The fourth-order valence-electron chi connectivity index (χ4n) is 3.20. The Kier molecular flexibility index (Phi) is 5.76. The van der Waals surface area contributed by atoms with E-state index in [1.807, 2.05) is 56.3 Å². The number of ether oxygens (including phenoxy) is 2. The summed E-state index contributed by atoms with van der Waals surface area (Å²) in [6.07, 6.45) is 0.0729. The van der Waals surface area contributed by atoms with E-state index in [0.717, 1.165) is 16.3 Å². The SMILES string of the molecule is CC1=C(C(=O)OCCOC(C)C)[C@H](c2cccc3ccccc23)NC(=O)N1. The first-order valence-electron chi connectivity index (χ1n) is 9.02. The number of allylic oxidation sites excluding steroid dienone is 1. The molecule has 2 amide bonds. The van der Waals surface area contributed by atoms with Gasteiger partial charge in [-0.2, -0.15) is 0 Å². The summed E-state index contributed by atoms with van der Waals surface area (Å²) >= 11 is 0. The van der Waals surface area contributed by atoms with E-state index in [1.165, 1.54) is 0 Å². The highest BCUT2D eigenvalue weighted by Gasteiger charge is 2.33. The molecule has 0 fully saturated rings. The minimum atomic E-state index is -0.580. The molecule has 3 rings (SSSR count). The molecule has 1 heterocycles. The van der Waals surface area contributed by atoms with Gasteiger partial charge >= 0.3 is 12.0 Å². The predicted molar refractivity (Wildman–Crippen MR) is 103 cm³/mol. The van der Waals surface area contributed by atoms with Crippen molar-refractivity contribution >= 4 is 22.8 Å². The molecule has 0 aromatic heterocycles. The third-order valence-corrected chi connectivity index (χ3v) is 4.39. The molecular formula is C21H24N2O4. The van der Waals surface area contributed by atoms with Gasteiger partial charge in [0.1, 0.15) is 6.61 Å². The second-order valence-electron chi connectivity index (χ2n) is 6.69. The summed E-state index contributed by atoms with van der Waals surface area (Å²) in [6.45, 7) is 6.04. The number of nitrogens with one attached hydrogen (secondary N) is 2. The normalized spacial score (nSPS) is 17.0. The van der Waals surface area contributed by atoms with Crippen LogP contribution in [0.25, 0.3) is 10.8 Å². The Bertz CT molecular complexity index is 883. The zero-order valence-electron chi connectivity index (χ0n) is 15.7. The first-order chi connectivity index (χ1) is 13.0. The molecule has 0 saturated heterocycles. The predicted octanol–water partition coefficient (Wildman–Crippen LogP) is 3.44. The van der Waals surface area contributed by atoms with Crippen LogP contribution in [-0.4, -0.2) is 31.3 Å². The minimum absolute atomic E-state index is 0.0729. The molecule has 27 heavy (non-hydrogen) atoms. The standard InChI is InChI=1S/C21H24N2O4/c1-13(2)26-11-12-27-20(24)18-14(3)22-21(25)23-19(18)17-10-6-8-15-7-4-5-9-16(15)17/h4-10,13,19H,11-12H2,1-3H3,(H2,22,23,25)/t19-/m0/s1. The van der Waals surface area contributed by atoms with Gasteiger partial charge in [-0.25, -0.2) is 9.59 Å². The molecule has 2 aromatic rings. The number of carbonyl (C=O) groups is 2. The van der Waals surface area contributed by atoms with Gasteiger partial charge in [-0.05, 0) is 37.1 Å². The molecule has 2 N–H and O–H groups in total. The van der Waals surface area contributed by atoms with Crippen molar-refractivity contribution in [2.75, 3.05) is 13.2 Å². The summed E-state index contributed by atoms with van der Waals surface area (Å²) in [4.78, 5) is 24.8.